The Hall–Kier alpha value is -2.23. The van der Waals surface area contributed by atoms with Crippen molar-refractivity contribution in [3.63, 3.8) is 0 Å². The number of aliphatic imine (C=N–C) groups is 1. The molecule has 2 aromatic rings. The number of carbonyl (C=O) groups excluding carboxylic acids is 1. The van der Waals surface area contributed by atoms with Crippen LogP contribution >= 0.6 is 24.0 Å². The molecule has 1 aliphatic heterocycles. The van der Waals surface area contributed by atoms with Crippen molar-refractivity contribution >= 4 is 36.0 Å². The van der Waals surface area contributed by atoms with Crippen LogP contribution in [0.4, 0.5) is 4.79 Å². The normalized spacial score (nSPS) is 15.0. The zero-order valence-corrected chi connectivity index (χ0v) is 18.2. The van der Waals surface area contributed by atoms with Crippen molar-refractivity contribution in [3.8, 4) is 0 Å². The molecule has 4 N–H and O–H groups in total. The highest BCUT2D eigenvalue weighted by atomic mass is 127. The summed E-state index contributed by atoms with van der Waals surface area (Å²) in [5, 5.41) is 6.88. The van der Waals surface area contributed by atoms with Crippen molar-refractivity contribution in [2.24, 2.45) is 10.7 Å². The predicted molar refractivity (Wildman–Crippen MR) is 121 cm³/mol. The lowest BCUT2D eigenvalue weighted by Gasteiger charge is -2.32. The second kappa shape index (κ2) is 11.6. The zero-order valence-electron chi connectivity index (χ0n) is 15.8. The first-order valence-electron chi connectivity index (χ1n) is 9.36. The van der Waals surface area contributed by atoms with E-state index in [1.165, 1.54) is 0 Å². The number of carbonyl (C=O) groups is 1. The summed E-state index contributed by atoms with van der Waals surface area (Å²) in [6.45, 7) is 2.68. The molecule has 152 valence electrons. The molecule has 0 spiro atoms. The number of nitrogens with two attached hydrogens (primary N) is 1. The number of hydrogen-bond donors (Lipinski definition) is 3. The van der Waals surface area contributed by atoms with Crippen molar-refractivity contribution in [1.29, 1.82) is 0 Å². The number of likely N-dealkylation sites (tertiary alicyclic amines) is 1. The molecule has 0 aliphatic carbocycles. The van der Waals surface area contributed by atoms with E-state index >= 15 is 0 Å². The molecule has 2 heterocycles. The molecule has 7 nitrogen and oxygen atoms in total. The number of hydrogen-bond acceptors (Lipinski definition) is 3. The minimum Gasteiger partial charge on any atom is -0.469 e. The van der Waals surface area contributed by atoms with Gasteiger partial charge >= 0.3 is 6.03 Å². The summed E-state index contributed by atoms with van der Waals surface area (Å²) in [7, 11) is 0. The summed E-state index contributed by atoms with van der Waals surface area (Å²) in [5.74, 6) is 1.72. The third-order valence-electron chi connectivity index (χ3n) is 4.65. The van der Waals surface area contributed by atoms with Gasteiger partial charge in [-0.1, -0.05) is 30.3 Å². The van der Waals surface area contributed by atoms with E-state index in [2.05, 4.69) is 22.8 Å². The van der Waals surface area contributed by atoms with Crippen LogP contribution in [-0.2, 0) is 13.0 Å². The average Bonchev–Trinajstić information content (AvgIpc) is 3.21. The number of benzene rings is 1. The number of rotatable bonds is 6. The average molecular weight is 497 g/mol. The van der Waals surface area contributed by atoms with Gasteiger partial charge in [0, 0.05) is 32.1 Å². The van der Waals surface area contributed by atoms with Crippen LogP contribution in [0.2, 0.25) is 0 Å². The Labute approximate surface area is 182 Å². The molecule has 3 rings (SSSR count). The molecule has 1 saturated heterocycles. The Morgan fingerprint density at radius 2 is 1.93 bits per heavy atom. The summed E-state index contributed by atoms with van der Waals surface area (Å²) in [6.07, 6.45) is 4.18. The highest BCUT2D eigenvalue weighted by Crippen LogP contribution is 2.10. The van der Waals surface area contributed by atoms with Gasteiger partial charge in [0.25, 0.3) is 0 Å². The van der Waals surface area contributed by atoms with Gasteiger partial charge < -0.3 is 25.7 Å². The summed E-state index contributed by atoms with van der Waals surface area (Å²) in [5.41, 5.74) is 6.52. The van der Waals surface area contributed by atoms with Gasteiger partial charge in [0.2, 0.25) is 0 Å². The van der Waals surface area contributed by atoms with E-state index in [1.54, 1.807) is 11.2 Å². The molecule has 0 atom stereocenters. The van der Waals surface area contributed by atoms with Crippen molar-refractivity contribution in [2.45, 2.75) is 31.8 Å². The molecule has 0 radical (unpaired) electrons. The molecule has 8 heteroatoms. The number of nitrogens with zero attached hydrogens (tertiary/aromatic N) is 2. The second-order valence-corrected chi connectivity index (χ2v) is 6.65. The Morgan fingerprint density at radius 3 is 2.57 bits per heavy atom. The lowest BCUT2D eigenvalue weighted by atomic mass is 10.1. The molecule has 1 aliphatic rings. The van der Waals surface area contributed by atoms with Crippen molar-refractivity contribution in [2.75, 3.05) is 19.6 Å². The fourth-order valence-electron chi connectivity index (χ4n) is 3.10. The number of halogens is 1. The van der Waals surface area contributed by atoms with E-state index in [4.69, 9.17) is 15.1 Å². The number of furan rings is 1. The van der Waals surface area contributed by atoms with Crippen molar-refractivity contribution in [1.82, 2.24) is 15.5 Å². The second-order valence-electron chi connectivity index (χ2n) is 6.65. The maximum atomic E-state index is 11.3. The SMILES string of the molecule is I.NC(=O)N1CCC(NC(=NCc2ccccc2)NCCc2ccco2)CC1. The highest BCUT2D eigenvalue weighted by molar-refractivity contribution is 14.0. The Bertz CT molecular complexity index is 728. The quantitative estimate of drug-likeness (QED) is 0.325. The van der Waals surface area contributed by atoms with Gasteiger partial charge in [-0.05, 0) is 30.5 Å². The molecule has 0 bridgehead atoms. The first kappa shape index (κ1) is 22.1. The number of nitrogens with one attached hydrogen (secondary N) is 2. The Morgan fingerprint density at radius 1 is 1.18 bits per heavy atom. The standard InChI is InChI=1S/C20H27N5O2.HI/c21-19(26)25-12-9-17(10-13-25)24-20(22-11-8-18-7-4-14-27-18)23-15-16-5-2-1-3-6-16;/h1-7,14,17H,8-13,15H2,(H2,21,26)(H2,22,23,24);1H. The number of piperidine rings is 1. The van der Waals surface area contributed by atoms with Crippen molar-refractivity contribution in [3.05, 3.63) is 60.1 Å². The van der Waals surface area contributed by atoms with E-state index in [0.29, 0.717) is 19.6 Å². The fraction of sp³-hybridized carbons (Fsp3) is 0.400. The monoisotopic (exact) mass is 497 g/mol. The van der Waals surface area contributed by atoms with Gasteiger partial charge in [0.15, 0.2) is 5.96 Å². The van der Waals surface area contributed by atoms with Crippen LogP contribution in [-0.4, -0.2) is 42.6 Å². The first-order valence-corrected chi connectivity index (χ1v) is 9.36. The maximum Gasteiger partial charge on any atom is 0.314 e. The van der Waals surface area contributed by atoms with Crippen LogP contribution < -0.4 is 16.4 Å². The third-order valence-corrected chi connectivity index (χ3v) is 4.65. The summed E-state index contributed by atoms with van der Waals surface area (Å²) >= 11 is 0. The number of amides is 2. The van der Waals surface area contributed by atoms with E-state index in [0.717, 1.165) is 43.1 Å². The summed E-state index contributed by atoms with van der Waals surface area (Å²) in [6, 6.07) is 13.9. The zero-order chi connectivity index (χ0) is 18.9. The van der Waals surface area contributed by atoms with Crippen LogP contribution in [0.25, 0.3) is 0 Å². The molecule has 1 aromatic carbocycles. The molecular formula is C20H28IN5O2. The highest BCUT2D eigenvalue weighted by Gasteiger charge is 2.21. The van der Waals surface area contributed by atoms with Crippen LogP contribution in [0, 0.1) is 0 Å². The summed E-state index contributed by atoms with van der Waals surface area (Å²) < 4.78 is 5.38. The van der Waals surface area contributed by atoms with Crippen LogP contribution in [0.15, 0.2) is 58.1 Å². The molecular weight excluding hydrogens is 469 g/mol. The first-order chi connectivity index (χ1) is 13.2. The van der Waals surface area contributed by atoms with E-state index in [9.17, 15) is 4.79 Å². The van der Waals surface area contributed by atoms with Gasteiger partial charge in [-0.15, -0.1) is 24.0 Å². The maximum absolute atomic E-state index is 11.3. The number of urea groups is 1. The number of primary amides is 1. The van der Waals surface area contributed by atoms with Gasteiger partial charge in [-0.25, -0.2) is 9.79 Å². The molecule has 28 heavy (non-hydrogen) atoms. The van der Waals surface area contributed by atoms with E-state index in [-0.39, 0.29) is 36.0 Å². The molecule has 1 aromatic heterocycles. The van der Waals surface area contributed by atoms with Gasteiger partial charge in [-0.3, -0.25) is 0 Å². The molecule has 1 fully saturated rings. The van der Waals surface area contributed by atoms with Gasteiger partial charge in [0.1, 0.15) is 5.76 Å². The van der Waals surface area contributed by atoms with Gasteiger partial charge in [0.05, 0.1) is 12.8 Å². The van der Waals surface area contributed by atoms with E-state index in [1.807, 2.05) is 30.3 Å². The van der Waals surface area contributed by atoms with Crippen LogP contribution in [0.3, 0.4) is 0 Å². The third kappa shape index (κ3) is 7.06. The topological polar surface area (TPSA) is 95.9 Å². The minimum absolute atomic E-state index is 0. The molecule has 0 unspecified atom stereocenters. The fourth-order valence-corrected chi connectivity index (χ4v) is 3.10. The smallest absolute Gasteiger partial charge is 0.314 e. The Balaban J connectivity index is 0.00000280. The van der Waals surface area contributed by atoms with Crippen molar-refractivity contribution < 1.29 is 9.21 Å². The number of guanidine groups is 1. The van der Waals surface area contributed by atoms with Crippen LogP contribution in [0.5, 0.6) is 0 Å². The molecule has 0 saturated carbocycles. The van der Waals surface area contributed by atoms with Gasteiger partial charge in [-0.2, -0.15) is 0 Å². The van der Waals surface area contributed by atoms with E-state index < -0.39 is 0 Å². The lowest BCUT2D eigenvalue weighted by Crippen LogP contribution is -2.51. The van der Waals surface area contributed by atoms with Crippen LogP contribution in [0.1, 0.15) is 24.2 Å². The Kier molecular flexibility index (Phi) is 9.12. The summed E-state index contributed by atoms with van der Waals surface area (Å²) in [4.78, 5) is 17.7. The molecule has 2 amide bonds. The largest absolute Gasteiger partial charge is 0.469 e. The predicted octanol–water partition coefficient (Wildman–Crippen LogP) is 2.72. The minimum atomic E-state index is -0.344. The lowest BCUT2D eigenvalue weighted by molar-refractivity contribution is 0.188.